The van der Waals surface area contributed by atoms with Gasteiger partial charge in [-0.05, 0) is 30.7 Å². The van der Waals surface area contributed by atoms with Crippen LogP contribution in [0.4, 0.5) is 10.5 Å². The van der Waals surface area contributed by atoms with Crippen LogP contribution in [0.1, 0.15) is 11.1 Å². The number of hydrogen-bond donors (Lipinski definition) is 1. The first-order valence-corrected chi connectivity index (χ1v) is 9.12. The van der Waals surface area contributed by atoms with Crippen molar-refractivity contribution >= 4 is 23.3 Å². The monoisotopic (exact) mass is 373 g/mol. The third-order valence-corrected chi connectivity index (χ3v) is 5.18. The predicted molar refractivity (Wildman–Crippen MR) is 105 cm³/mol. The Hall–Kier alpha value is -2.40. The van der Waals surface area contributed by atoms with Crippen molar-refractivity contribution in [2.24, 2.45) is 0 Å². The molecule has 0 aliphatic carbocycles. The van der Waals surface area contributed by atoms with Crippen molar-refractivity contribution in [3.05, 3.63) is 58.6 Å². The maximum atomic E-state index is 12.5. The topological polar surface area (TPSA) is 44.8 Å². The number of rotatable bonds is 4. The van der Waals surface area contributed by atoms with Gasteiger partial charge < -0.3 is 19.9 Å². The normalized spacial score (nSPS) is 14.3. The second kappa shape index (κ2) is 8.32. The molecule has 1 fully saturated rings. The zero-order valence-electron chi connectivity index (χ0n) is 15.2. The largest absolute Gasteiger partial charge is 0.496 e. The smallest absolute Gasteiger partial charge is 0.317 e. The summed E-state index contributed by atoms with van der Waals surface area (Å²) in [4.78, 5) is 16.6. The van der Waals surface area contributed by atoms with Crippen LogP contribution in [0.25, 0.3) is 0 Å². The number of anilines is 1. The number of piperazine rings is 1. The molecule has 0 bridgehead atoms. The van der Waals surface area contributed by atoms with Crippen molar-refractivity contribution in [2.45, 2.75) is 13.5 Å². The number of carbonyl (C=O) groups excluding carboxylic acids is 1. The minimum Gasteiger partial charge on any atom is -0.496 e. The van der Waals surface area contributed by atoms with Crippen molar-refractivity contribution in [1.29, 1.82) is 0 Å². The highest BCUT2D eigenvalue weighted by Gasteiger charge is 2.22. The molecule has 0 unspecified atom stereocenters. The van der Waals surface area contributed by atoms with E-state index < -0.39 is 0 Å². The van der Waals surface area contributed by atoms with Gasteiger partial charge in [0.1, 0.15) is 5.75 Å². The molecule has 0 atom stereocenters. The van der Waals surface area contributed by atoms with Crippen molar-refractivity contribution in [3.63, 3.8) is 0 Å². The summed E-state index contributed by atoms with van der Waals surface area (Å²) in [7, 11) is 1.64. The number of carbonyl (C=O) groups is 1. The van der Waals surface area contributed by atoms with Crippen molar-refractivity contribution in [3.8, 4) is 5.75 Å². The average molecular weight is 374 g/mol. The molecular formula is C20H24ClN3O2. The molecule has 0 aromatic heterocycles. The van der Waals surface area contributed by atoms with Gasteiger partial charge in [0, 0.05) is 49.0 Å². The van der Waals surface area contributed by atoms with Crippen molar-refractivity contribution < 1.29 is 9.53 Å². The predicted octanol–water partition coefficient (Wildman–Crippen LogP) is 3.69. The van der Waals surface area contributed by atoms with Gasteiger partial charge in [-0.2, -0.15) is 0 Å². The Kier molecular flexibility index (Phi) is 5.89. The molecule has 0 radical (unpaired) electrons. The molecule has 0 spiro atoms. The van der Waals surface area contributed by atoms with Crippen LogP contribution in [0.15, 0.2) is 42.5 Å². The molecule has 1 aliphatic rings. The SMILES string of the molecule is COc1ccccc1CNC(=O)N1CCN(c2cccc(Cl)c2C)CC1. The highest BCUT2D eigenvalue weighted by atomic mass is 35.5. The number of nitrogens with one attached hydrogen (secondary N) is 1. The number of hydrogen-bond acceptors (Lipinski definition) is 3. The van der Waals surface area contributed by atoms with E-state index in [-0.39, 0.29) is 6.03 Å². The molecular weight excluding hydrogens is 350 g/mol. The van der Waals surface area contributed by atoms with E-state index in [2.05, 4.69) is 16.3 Å². The van der Waals surface area contributed by atoms with E-state index in [0.717, 1.165) is 40.7 Å². The summed E-state index contributed by atoms with van der Waals surface area (Å²) in [6.07, 6.45) is 0. The minimum atomic E-state index is -0.0432. The Bertz CT molecular complexity index is 773. The number of nitrogens with zero attached hydrogens (tertiary/aromatic N) is 2. The Morgan fingerprint density at radius 3 is 2.58 bits per heavy atom. The van der Waals surface area contributed by atoms with Crippen LogP contribution in [-0.4, -0.2) is 44.2 Å². The molecule has 0 saturated carbocycles. The summed E-state index contributed by atoms with van der Waals surface area (Å²) in [5.41, 5.74) is 3.20. The number of halogens is 1. The van der Waals surface area contributed by atoms with E-state index in [1.54, 1.807) is 7.11 Å². The average Bonchev–Trinajstić information content (AvgIpc) is 2.68. The van der Waals surface area contributed by atoms with Crippen molar-refractivity contribution in [2.75, 3.05) is 38.2 Å². The highest BCUT2D eigenvalue weighted by Crippen LogP contribution is 2.27. The molecule has 6 heteroatoms. The van der Waals surface area contributed by atoms with Crippen LogP contribution in [0.2, 0.25) is 5.02 Å². The van der Waals surface area contributed by atoms with Gasteiger partial charge in [0.2, 0.25) is 0 Å². The van der Waals surface area contributed by atoms with E-state index in [1.165, 1.54) is 0 Å². The molecule has 2 amide bonds. The van der Waals surface area contributed by atoms with Crippen LogP contribution < -0.4 is 15.0 Å². The Morgan fingerprint density at radius 1 is 1.12 bits per heavy atom. The lowest BCUT2D eigenvalue weighted by molar-refractivity contribution is 0.194. The fourth-order valence-corrected chi connectivity index (χ4v) is 3.39. The van der Waals surface area contributed by atoms with Gasteiger partial charge in [0.05, 0.1) is 7.11 Å². The molecule has 1 N–H and O–H groups in total. The maximum absolute atomic E-state index is 12.5. The first-order chi connectivity index (χ1) is 12.6. The molecule has 1 saturated heterocycles. The van der Waals surface area contributed by atoms with Crippen LogP contribution in [0, 0.1) is 6.92 Å². The van der Waals surface area contributed by atoms with Crippen molar-refractivity contribution in [1.82, 2.24) is 10.2 Å². The molecule has 5 nitrogen and oxygen atoms in total. The molecule has 138 valence electrons. The summed E-state index contributed by atoms with van der Waals surface area (Å²) >= 11 is 6.22. The summed E-state index contributed by atoms with van der Waals surface area (Å²) in [5.74, 6) is 0.786. The Morgan fingerprint density at radius 2 is 1.85 bits per heavy atom. The van der Waals surface area contributed by atoms with Gasteiger partial charge in [0.25, 0.3) is 0 Å². The molecule has 1 aliphatic heterocycles. The second-order valence-corrected chi connectivity index (χ2v) is 6.74. The standard InChI is InChI=1S/C20H24ClN3O2/c1-15-17(21)7-5-8-18(15)23-10-12-24(13-11-23)20(25)22-14-16-6-3-4-9-19(16)26-2/h3-9H,10-14H2,1-2H3,(H,22,25). The first-order valence-electron chi connectivity index (χ1n) is 8.75. The lowest BCUT2D eigenvalue weighted by atomic mass is 10.1. The highest BCUT2D eigenvalue weighted by molar-refractivity contribution is 6.31. The van der Waals surface area contributed by atoms with Gasteiger partial charge in [-0.1, -0.05) is 35.9 Å². The summed E-state index contributed by atoms with van der Waals surface area (Å²) in [6.45, 7) is 5.44. The fourth-order valence-electron chi connectivity index (χ4n) is 3.22. The van der Waals surface area contributed by atoms with Crippen LogP contribution >= 0.6 is 11.6 Å². The third kappa shape index (κ3) is 4.05. The quantitative estimate of drug-likeness (QED) is 0.889. The van der Waals surface area contributed by atoms with E-state index in [0.29, 0.717) is 19.6 Å². The van der Waals surface area contributed by atoms with Gasteiger partial charge >= 0.3 is 6.03 Å². The van der Waals surface area contributed by atoms with E-state index in [4.69, 9.17) is 16.3 Å². The van der Waals surface area contributed by atoms with Gasteiger partial charge in [0.15, 0.2) is 0 Å². The Balaban J connectivity index is 1.54. The summed E-state index contributed by atoms with van der Waals surface area (Å²) < 4.78 is 5.32. The maximum Gasteiger partial charge on any atom is 0.317 e. The molecule has 2 aromatic rings. The number of benzene rings is 2. The van der Waals surface area contributed by atoms with Crippen LogP contribution in [0.5, 0.6) is 5.75 Å². The molecule has 1 heterocycles. The third-order valence-electron chi connectivity index (χ3n) is 4.77. The molecule has 3 rings (SSSR count). The van der Waals surface area contributed by atoms with Gasteiger partial charge in [-0.3, -0.25) is 0 Å². The first kappa shape index (κ1) is 18.4. The van der Waals surface area contributed by atoms with Crippen LogP contribution in [-0.2, 0) is 6.54 Å². The van der Waals surface area contributed by atoms with Gasteiger partial charge in [-0.15, -0.1) is 0 Å². The zero-order valence-corrected chi connectivity index (χ0v) is 15.9. The Labute approximate surface area is 159 Å². The molecule has 2 aromatic carbocycles. The number of ether oxygens (including phenoxy) is 1. The second-order valence-electron chi connectivity index (χ2n) is 6.33. The summed E-state index contributed by atoms with van der Waals surface area (Å²) in [5, 5.41) is 3.76. The fraction of sp³-hybridized carbons (Fsp3) is 0.350. The lowest BCUT2D eigenvalue weighted by Crippen LogP contribution is -2.51. The van der Waals surface area contributed by atoms with E-state index in [1.807, 2.05) is 48.2 Å². The van der Waals surface area contributed by atoms with Crippen LogP contribution in [0.3, 0.4) is 0 Å². The van der Waals surface area contributed by atoms with Gasteiger partial charge in [-0.25, -0.2) is 4.79 Å². The zero-order chi connectivity index (χ0) is 18.5. The minimum absolute atomic E-state index is 0.0432. The van der Waals surface area contributed by atoms with E-state index >= 15 is 0 Å². The number of methoxy groups -OCH3 is 1. The number of para-hydroxylation sites is 1. The molecule has 26 heavy (non-hydrogen) atoms. The number of urea groups is 1. The summed E-state index contributed by atoms with van der Waals surface area (Å²) in [6, 6.07) is 13.6. The lowest BCUT2D eigenvalue weighted by Gasteiger charge is -2.36. The van der Waals surface area contributed by atoms with E-state index in [9.17, 15) is 4.79 Å². The number of amides is 2.